The third-order valence-corrected chi connectivity index (χ3v) is 11.4. The third kappa shape index (κ3) is 5.35. The van der Waals surface area contributed by atoms with E-state index in [-0.39, 0.29) is 33.6 Å². The van der Waals surface area contributed by atoms with E-state index in [2.05, 4.69) is 6.92 Å². The Hall–Kier alpha value is -1.75. The number of anilines is 1. The molecule has 2 fully saturated rings. The average Bonchev–Trinajstić information content (AvgIpc) is 3.54. The van der Waals surface area contributed by atoms with Crippen molar-refractivity contribution in [3.05, 3.63) is 32.6 Å². The molecule has 1 aliphatic carbocycles. The molecular weight excluding hydrogens is 504 g/mol. The van der Waals surface area contributed by atoms with Crippen LogP contribution in [0.4, 0.5) is 5.69 Å². The van der Waals surface area contributed by atoms with Crippen LogP contribution >= 0.6 is 22.7 Å². The predicted octanol–water partition coefficient (Wildman–Crippen LogP) is 5.43. The number of hydrogen-bond acceptors (Lipinski definition) is 6. The monoisotopic (exact) mass is 538 g/mol. The fourth-order valence-corrected chi connectivity index (χ4v) is 8.52. The maximum absolute atomic E-state index is 14.0. The number of hydrogen-bond donors (Lipinski definition) is 1. The van der Waals surface area contributed by atoms with E-state index < -0.39 is 22.0 Å². The zero-order chi connectivity index (χ0) is 25.5. The summed E-state index contributed by atoms with van der Waals surface area (Å²) in [6, 6.07) is 3.03. The topological polar surface area (TPSA) is 95.0 Å². The molecule has 1 atom stereocenters. The van der Waals surface area contributed by atoms with Crippen LogP contribution in [-0.4, -0.2) is 48.8 Å². The number of carbonyl (C=O) groups excluding carboxylic acids is 1. The first-order valence-electron chi connectivity index (χ1n) is 12.1. The molecule has 7 nitrogen and oxygen atoms in total. The molecule has 2 aliphatic rings. The lowest BCUT2D eigenvalue weighted by Crippen LogP contribution is -2.46. The zero-order valence-electron chi connectivity index (χ0n) is 20.7. The van der Waals surface area contributed by atoms with Gasteiger partial charge in [-0.2, -0.15) is 15.6 Å². The maximum Gasteiger partial charge on any atom is 0.348 e. The van der Waals surface area contributed by atoms with E-state index in [1.165, 1.54) is 27.0 Å². The second-order valence-electron chi connectivity index (χ2n) is 10.8. The fourth-order valence-electron chi connectivity index (χ4n) is 4.97. The Morgan fingerprint density at radius 3 is 2.40 bits per heavy atom. The minimum Gasteiger partial charge on any atom is -0.477 e. The Kier molecular flexibility index (Phi) is 7.48. The summed E-state index contributed by atoms with van der Waals surface area (Å²) in [5, 5.41) is 13.4. The molecule has 1 amide bonds. The second-order valence-corrected chi connectivity index (χ2v) is 14.6. The van der Waals surface area contributed by atoms with Crippen LogP contribution in [0.1, 0.15) is 74.3 Å². The van der Waals surface area contributed by atoms with E-state index in [0.29, 0.717) is 24.6 Å². The number of thiophene rings is 2. The van der Waals surface area contributed by atoms with Gasteiger partial charge in [-0.15, -0.1) is 11.3 Å². The van der Waals surface area contributed by atoms with Gasteiger partial charge in [-0.1, -0.05) is 27.7 Å². The Morgan fingerprint density at radius 1 is 1.14 bits per heavy atom. The minimum absolute atomic E-state index is 0.0718. The van der Waals surface area contributed by atoms with Crippen LogP contribution in [-0.2, 0) is 20.2 Å². The van der Waals surface area contributed by atoms with Gasteiger partial charge in [-0.25, -0.2) is 13.2 Å². The van der Waals surface area contributed by atoms with E-state index in [4.69, 9.17) is 0 Å². The van der Waals surface area contributed by atoms with E-state index >= 15 is 0 Å². The SMILES string of the molecule is CC1CCC(C(=O)N(c2cc(C(C)(C)C)sc2C(=O)O)[C@H]2CCN(S(=O)(=O)c3ccsc3)C2)CC1. The standard InChI is InChI=1S/C25H34N2O5S3/c1-16-5-7-17(8-6-16)23(28)27(20-13-21(25(2,3)4)34-22(20)24(29)30)18-9-11-26(14-18)35(31,32)19-10-12-33-15-19/h10,12-13,15-18H,5-9,11,14H2,1-4H3,(H,29,30)/t16?,17?,18-/m0/s1. The van der Waals surface area contributed by atoms with Crippen molar-refractivity contribution in [1.82, 2.24) is 4.31 Å². The summed E-state index contributed by atoms with van der Waals surface area (Å²) in [5.41, 5.74) is 0.141. The van der Waals surface area contributed by atoms with Gasteiger partial charge in [0.1, 0.15) is 4.88 Å². The molecule has 2 aromatic rings. The quantitative estimate of drug-likeness (QED) is 0.529. The molecule has 0 radical (unpaired) electrons. The van der Waals surface area contributed by atoms with Gasteiger partial charge < -0.3 is 10.0 Å². The number of carboxylic acids is 1. The first kappa shape index (κ1) is 26.3. The number of aromatic carboxylic acids is 1. The number of carboxylic acid groups (broad SMARTS) is 1. The van der Waals surface area contributed by atoms with Gasteiger partial charge in [0.15, 0.2) is 0 Å². The molecule has 0 unspecified atom stereocenters. The molecule has 1 N–H and O–H groups in total. The molecular formula is C25H34N2O5S3. The number of amides is 1. The average molecular weight is 539 g/mol. The van der Waals surface area contributed by atoms with E-state index in [9.17, 15) is 23.1 Å². The highest BCUT2D eigenvalue weighted by Crippen LogP contribution is 2.41. The lowest BCUT2D eigenvalue weighted by atomic mass is 9.82. The number of sulfonamides is 1. The highest BCUT2D eigenvalue weighted by Gasteiger charge is 2.42. The molecule has 0 bridgehead atoms. The molecule has 2 aromatic heterocycles. The zero-order valence-corrected chi connectivity index (χ0v) is 23.1. The molecule has 1 saturated heterocycles. The summed E-state index contributed by atoms with van der Waals surface area (Å²) < 4.78 is 27.7. The predicted molar refractivity (Wildman–Crippen MR) is 140 cm³/mol. The Morgan fingerprint density at radius 2 is 1.83 bits per heavy atom. The van der Waals surface area contributed by atoms with Crippen molar-refractivity contribution >= 4 is 50.3 Å². The molecule has 1 aliphatic heterocycles. The van der Waals surface area contributed by atoms with E-state index in [0.717, 1.165) is 30.6 Å². The molecule has 3 heterocycles. The van der Waals surface area contributed by atoms with Crippen LogP contribution in [0.15, 0.2) is 27.8 Å². The second kappa shape index (κ2) is 9.95. The molecule has 4 rings (SSSR count). The van der Waals surface area contributed by atoms with Crippen molar-refractivity contribution in [2.75, 3.05) is 18.0 Å². The van der Waals surface area contributed by atoms with Gasteiger partial charge in [0.25, 0.3) is 0 Å². The highest BCUT2D eigenvalue weighted by atomic mass is 32.2. The van der Waals surface area contributed by atoms with Crippen molar-refractivity contribution in [2.45, 2.75) is 76.2 Å². The van der Waals surface area contributed by atoms with Gasteiger partial charge >= 0.3 is 5.97 Å². The van der Waals surface area contributed by atoms with Gasteiger partial charge in [0.2, 0.25) is 15.9 Å². The molecule has 1 saturated carbocycles. The van der Waals surface area contributed by atoms with Crippen LogP contribution in [0.25, 0.3) is 0 Å². The fraction of sp³-hybridized carbons (Fsp3) is 0.600. The van der Waals surface area contributed by atoms with Crippen LogP contribution in [0.2, 0.25) is 0 Å². The van der Waals surface area contributed by atoms with Crippen LogP contribution in [0, 0.1) is 11.8 Å². The summed E-state index contributed by atoms with van der Waals surface area (Å²) in [6.45, 7) is 8.72. The Bertz CT molecular complexity index is 1170. The molecule has 35 heavy (non-hydrogen) atoms. The smallest absolute Gasteiger partial charge is 0.348 e. The van der Waals surface area contributed by atoms with E-state index in [1.807, 2.05) is 26.8 Å². The van der Waals surface area contributed by atoms with Crippen LogP contribution in [0.3, 0.4) is 0 Å². The molecule has 0 aromatic carbocycles. The number of nitrogens with zero attached hydrogens (tertiary/aromatic N) is 2. The van der Waals surface area contributed by atoms with Gasteiger partial charge in [0.05, 0.1) is 16.6 Å². The van der Waals surface area contributed by atoms with Gasteiger partial charge in [0, 0.05) is 29.3 Å². The number of carbonyl (C=O) groups is 2. The normalized spacial score (nSPS) is 23.9. The van der Waals surface area contributed by atoms with Crippen molar-refractivity contribution in [3.63, 3.8) is 0 Å². The summed E-state index contributed by atoms with van der Waals surface area (Å²) in [4.78, 5) is 29.2. The molecule has 0 spiro atoms. The van der Waals surface area contributed by atoms with Crippen LogP contribution in [0.5, 0.6) is 0 Å². The van der Waals surface area contributed by atoms with Crippen molar-refractivity contribution in [3.8, 4) is 0 Å². The third-order valence-electron chi connectivity index (χ3n) is 7.13. The van der Waals surface area contributed by atoms with Crippen molar-refractivity contribution in [2.24, 2.45) is 11.8 Å². The molecule has 192 valence electrons. The van der Waals surface area contributed by atoms with Crippen molar-refractivity contribution in [1.29, 1.82) is 0 Å². The van der Waals surface area contributed by atoms with Crippen LogP contribution < -0.4 is 4.90 Å². The largest absolute Gasteiger partial charge is 0.477 e. The summed E-state index contributed by atoms with van der Waals surface area (Å²) in [7, 11) is -3.65. The minimum atomic E-state index is -3.65. The Balaban J connectivity index is 1.72. The highest BCUT2D eigenvalue weighted by molar-refractivity contribution is 7.89. The molecule has 10 heteroatoms. The lowest BCUT2D eigenvalue weighted by molar-refractivity contribution is -0.124. The van der Waals surface area contributed by atoms with Gasteiger partial charge in [-0.3, -0.25) is 4.79 Å². The summed E-state index contributed by atoms with van der Waals surface area (Å²) in [6.07, 6.45) is 3.96. The lowest BCUT2D eigenvalue weighted by Gasteiger charge is -2.34. The first-order valence-corrected chi connectivity index (χ1v) is 15.3. The van der Waals surface area contributed by atoms with Crippen molar-refractivity contribution < 1.29 is 23.1 Å². The van der Waals surface area contributed by atoms with E-state index in [1.54, 1.807) is 21.7 Å². The summed E-state index contributed by atoms with van der Waals surface area (Å²) >= 11 is 2.54. The maximum atomic E-state index is 14.0. The first-order chi connectivity index (χ1) is 16.4. The number of rotatable bonds is 6. The Labute approximate surface area is 215 Å². The van der Waals surface area contributed by atoms with Gasteiger partial charge in [-0.05, 0) is 60.9 Å². The summed E-state index contributed by atoms with van der Waals surface area (Å²) in [5.74, 6) is -0.726.